The van der Waals surface area contributed by atoms with E-state index in [0.29, 0.717) is 27.4 Å². The van der Waals surface area contributed by atoms with Crippen molar-refractivity contribution in [3.8, 4) is 0 Å². The van der Waals surface area contributed by atoms with Crippen LogP contribution in [-0.4, -0.2) is 24.2 Å². The summed E-state index contributed by atoms with van der Waals surface area (Å²) in [6.07, 6.45) is 0.870. The molecule has 0 aromatic heterocycles. The minimum Gasteiger partial charge on any atom is -0.338 e. The van der Waals surface area contributed by atoms with Gasteiger partial charge in [0.1, 0.15) is 0 Å². The quantitative estimate of drug-likeness (QED) is 0.765. The molecule has 0 saturated heterocycles. The highest BCUT2D eigenvalue weighted by Crippen LogP contribution is 2.29. The number of nitrogens with one attached hydrogen (secondary N) is 2. The lowest BCUT2D eigenvalue weighted by Gasteiger charge is -2.08. The summed E-state index contributed by atoms with van der Waals surface area (Å²) in [6, 6.07) is 4.56. The minimum absolute atomic E-state index is 0.0949. The number of halogens is 2. The Balaban J connectivity index is 2.33. The Labute approximate surface area is 139 Å². The lowest BCUT2D eigenvalue weighted by Crippen LogP contribution is -2.40. The first-order valence-electron chi connectivity index (χ1n) is 6.54. The van der Waals surface area contributed by atoms with Crippen LogP contribution in [0, 0.1) is 5.92 Å². The van der Waals surface area contributed by atoms with Gasteiger partial charge in [0.05, 0.1) is 10.8 Å². The van der Waals surface area contributed by atoms with E-state index < -0.39 is 6.03 Å². The van der Waals surface area contributed by atoms with Gasteiger partial charge in [-0.2, -0.15) is 0 Å². The molecule has 0 aliphatic carbocycles. The summed E-state index contributed by atoms with van der Waals surface area (Å²) in [5.74, 6) is 0.220. The van der Waals surface area contributed by atoms with Crippen molar-refractivity contribution in [3.63, 3.8) is 0 Å². The van der Waals surface area contributed by atoms with Crippen LogP contribution < -0.4 is 10.6 Å². The predicted octanol–water partition coefficient (Wildman–Crippen LogP) is 3.96. The molecule has 1 aromatic rings. The average Bonchev–Trinajstić information content (AvgIpc) is 2.39. The van der Waals surface area contributed by atoms with E-state index in [1.807, 2.05) is 0 Å². The van der Waals surface area contributed by atoms with Crippen LogP contribution in [0.5, 0.6) is 0 Å². The molecule has 0 atom stereocenters. The van der Waals surface area contributed by atoms with Crippen LogP contribution >= 0.6 is 35.0 Å². The van der Waals surface area contributed by atoms with Crippen LogP contribution in [-0.2, 0) is 4.79 Å². The molecule has 0 heterocycles. The van der Waals surface area contributed by atoms with Crippen LogP contribution in [0.15, 0.2) is 23.1 Å². The Morgan fingerprint density at radius 2 is 2.00 bits per heavy atom. The molecule has 0 spiro atoms. The molecule has 1 aromatic carbocycles. The molecule has 0 aliphatic heterocycles. The van der Waals surface area contributed by atoms with Crippen molar-refractivity contribution < 1.29 is 9.59 Å². The molecule has 0 radical (unpaired) electrons. The highest BCUT2D eigenvalue weighted by Gasteiger charge is 2.10. The van der Waals surface area contributed by atoms with Gasteiger partial charge in [0.2, 0.25) is 5.91 Å². The number of thioether (sulfide) groups is 1. The first kappa shape index (κ1) is 18.1. The summed E-state index contributed by atoms with van der Waals surface area (Å²) in [5, 5.41) is 5.98. The van der Waals surface area contributed by atoms with E-state index >= 15 is 0 Å². The molecule has 3 amide bonds. The van der Waals surface area contributed by atoms with Crippen LogP contribution in [0.2, 0.25) is 10.0 Å². The third-order valence-electron chi connectivity index (χ3n) is 2.51. The summed E-state index contributed by atoms with van der Waals surface area (Å²) in [7, 11) is 0. The third kappa shape index (κ3) is 7.60. The molecule has 21 heavy (non-hydrogen) atoms. The molecule has 0 unspecified atom stereocenters. The molecule has 0 fully saturated rings. The van der Waals surface area contributed by atoms with Crippen LogP contribution in [0.25, 0.3) is 0 Å². The molecular weight excluding hydrogens is 331 g/mol. The summed E-state index contributed by atoms with van der Waals surface area (Å²) in [6.45, 7) is 4.68. The van der Waals surface area contributed by atoms with Gasteiger partial charge in [-0.1, -0.05) is 37.0 Å². The van der Waals surface area contributed by atoms with Crippen molar-refractivity contribution in [2.75, 3.05) is 12.3 Å². The molecular formula is C14H18Cl2N2O2S. The number of imide groups is 1. The summed E-state index contributed by atoms with van der Waals surface area (Å²) in [5.41, 5.74) is 0. The molecule has 0 aliphatic rings. The Kier molecular flexibility index (Phi) is 7.93. The van der Waals surface area contributed by atoms with Crippen LogP contribution in [0.4, 0.5) is 4.79 Å². The predicted molar refractivity (Wildman–Crippen MR) is 88.2 cm³/mol. The Morgan fingerprint density at radius 3 is 2.67 bits per heavy atom. The van der Waals surface area contributed by atoms with Crippen molar-refractivity contribution in [2.45, 2.75) is 25.2 Å². The fourth-order valence-electron chi connectivity index (χ4n) is 1.41. The number of carbonyl (C=O) groups is 2. The fourth-order valence-corrected chi connectivity index (χ4v) is 2.71. The third-order valence-corrected chi connectivity index (χ3v) is 4.24. The van der Waals surface area contributed by atoms with Crippen molar-refractivity contribution in [2.24, 2.45) is 5.92 Å². The largest absolute Gasteiger partial charge is 0.338 e. The van der Waals surface area contributed by atoms with Gasteiger partial charge in [0.15, 0.2) is 0 Å². The Bertz CT molecular complexity index is 510. The monoisotopic (exact) mass is 348 g/mol. The Hall–Kier alpha value is -0.910. The van der Waals surface area contributed by atoms with Crippen molar-refractivity contribution >= 4 is 46.9 Å². The summed E-state index contributed by atoms with van der Waals surface area (Å²) < 4.78 is 0. The van der Waals surface area contributed by atoms with Gasteiger partial charge >= 0.3 is 6.03 Å². The van der Waals surface area contributed by atoms with Gasteiger partial charge in [0, 0.05) is 16.5 Å². The molecule has 0 bridgehead atoms. The first-order valence-corrected chi connectivity index (χ1v) is 8.28. The normalized spacial score (nSPS) is 10.5. The number of urea groups is 1. The van der Waals surface area contributed by atoms with E-state index in [1.54, 1.807) is 18.2 Å². The molecule has 7 heteroatoms. The van der Waals surface area contributed by atoms with E-state index in [-0.39, 0.29) is 11.7 Å². The zero-order valence-electron chi connectivity index (χ0n) is 11.9. The molecule has 0 saturated carbocycles. The van der Waals surface area contributed by atoms with Gasteiger partial charge < -0.3 is 5.32 Å². The van der Waals surface area contributed by atoms with Gasteiger partial charge in [0.25, 0.3) is 0 Å². The molecule has 1 rings (SSSR count). The number of rotatable bonds is 6. The minimum atomic E-state index is -0.474. The van der Waals surface area contributed by atoms with E-state index in [4.69, 9.17) is 23.2 Å². The van der Waals surface area contributed by atoms with Crippen molar-refractivity contribution in [3.05, 3.63) is 28.2 Å². The second kappa shape index (κ2) is 9.18. The molecule has 4 nitrogen and oxygen atoms in total. The summed E-state index contributed by atoms with van der Waals surface area (Å²) >= 11 is 13.1. The van der Waals surface area contributed by atoms with Crippen LogP contribution in [0.1, 0.15) is 20.3 Å². The number of carbonyl (C=O) groups excluding carboxylic acids is 2. The summed E-state index contributed by atoms with van der Waals surface area (Å²) in [4.78, 5) is 23.8. The average molecular weight is 349 g/mol. The number of amides is 3. The Morgan fingerprint density at radius 1 is 1.29 bits per heavy atom. The zero-order chi connectivity index (χ0) is 15.8. The topological polar surface area (TPSA) is 58.2 Å². The van der Waals surface area contributed by atoms with E-state index in [2.05, 4.69) is 24.5 Å². The zero-order valence-corrected chi connectivity index (χ0v) is 14.2. The fraction of sp³-hybridized carbons (Fsp3) is 0.429. The second-order valence-electron chi connectivity index (χ2n) is 4.85. The standard InChI is InChI=1S/C14H18Cl2N2O2S/c1-9(2)5-6-17-14(20)18-13(19)8-21-12-7-10(15)3-4-11(12)16/h3-4,7,9H,5-6,8H2,1-2H3,(H2,17,18,19,20). The van der Waals surface area contributed by atoms with Crippen molar-refractivity contribution in [1.82, 2.24) is 10.6 Å². The van der Waals surface area contributed by atoms with Gasteiger partial charge in [-0.15, -0.1) is 11.8 Å². The highest BCUT2D eigenvalue weighted by atomic mass is 35.5. The maximum atomic E-state index is 11.7. The maximum Gasteiger partial charge on any atom is 0.321 e. The number of benzene rings is 1. The lowest BCUT2D eigenvalue weighted by atomic mass is 10.1. The lowest BCUT2D eigenvalue weighted by molar-refractivity contribution is -0.117. The first-order chi connectivity index (χ1) is 9.88. The van der Waals surface area contributed by atoms with Gasteiger partial charge in [-0.25, -0.2) is 4.79 Å². The smallest absolute Gasteiger partial charge is 0.321 e. The van der Waals surface area contributed by atoms with Gasteiger partial charge in [-0.3, -0.25) is 10.1 Å². The molecule has 116 valence electrons. The maximum absolute atomic E-state index is 11.7. The van der Waals surface area contributed by atoms with Crippen LogP contribution in [0.3, 0.4) is 0 Å². The van der Waals surface area contributed by atoms with E-state index in [9.17, 15) is 9.59 Å². The number of hydrogen-bond donors (Lipinski definition) is 2. The van der Waals surface area contributed by atoms with E-state index in [1.165, 1.54) is 11.8 Å². The number of hydrogen-bond acceptors (Lipinski definition) is 3. The van der Waals surface area contributed by atoms with Gasteiger partial charge in [-0.05, 0) is 30.5 Å². The van der Waals surface area contributed by atoms with Crippen molar-refractivity contribution in [1.29, 1.82) is 0 Å². The SMILES string of the molecule is CC(C)CCNC(=O)NC(=O)CSc1cc(Cl)ccc1Cl. The molecule has 2 N–H and O–H groups in total. The second-order valence-corrected chi connectivity index (χ2v) is 6.71. The van der Waals surface area contributed by atoms with E-state index in [0.717, 1.165) is 6.42 Å². The highest BCUT2D eigenvalue weighted by molar-refractivity contribution is 8.00.